The number of amides is 1. The molecule has 0 spiro atoms. The van der Waals surface area contributed by atoms with Crippen molar-refractivity contribution in [3.8, 4) is 0 Å². The van der Waals surface area contributed by atoms with Gasteiger partial charge in [0.15, 0.2) is 0 Å². The van der Waals surface area contributed by atoms with Crippen LogP contribution in [0, 0.1) is 5.82 Å². The number of likely N-dealkylation sites (tertiary alicyclic amines) is 1. The van der Waals surface area contributed by atoms with E-state index >= 15 is 0 Å². The Morgan fingerprint density at radius 1 is 1.38 bits per heavy atom. The van der Waals surface area contributed by atoms with Crippen LogP contribution in [-0.2, 0) is 23.2 Å². The second kappa shape index (κ2) is 7.11. The zero-order valence-electron chi connectivity index (χ0n) is 13.4. The van der Waals surface area contributed by atoms with Gasteiger partial charge in [-0.25, -0.2) is 4.39 Å². The standard InChI is InChI=1S/C17H20FN3O3/c1-20-14(6-7-19-20)10-24-11-17(23)21-9-15(22)8-16(21)12-2-4-13(18)5-3-12/h2-7,15-16,22H,8-11H2,1H3/t15-,16+/m1/s1. The largest absolute Gasteiger partial charge is 0.391 e. The Hall–Kier alpha value is -2.25. The predicted octanol–water partition coefficient (Wildman–Crippen LogP) is 1.41. The average molecular weight is 333 g/mol. The van der Waals surface area contributed by atoms with Crippen LogP contribution in [0.5, 0.6) is 0 Å². The van der Waals surface area contributed by atoms with Gasteiger partial charge in [-0.3, -0.25) is 9.48 Å². The molecular weight excluding hydrogens is 313 g/mol. The second-order valence-corrected chi connectivity index (χ2v) is 5.94. The number of hydrogen-bond donors (Lipinski definition) is 1. The van der Waals surface area contributed by atoms with Crippen LogP contribution in [0.4, 0.5) is 4.39 Å². The molecular formula is C17H20FN3O3. The van der Waals surface area contributed by atoms with E-state index in [1.54, 1.807) is 27.9 Å². The minimum absolute atomic E-state index is 0.0738. The van der Waals surface area contributed by atoms with Gasteiger partial charge in [0, 0.05) is 19.8 Å². The van der Waals surface area contributed by atoms with E-state index < -0.39 is 6.10 Å². The van der Waals surface area contributed by atoms with Crippen molar-refractivity contribution >= 4 is 5.91 Å². The summed E-state index contributed by atoms with van der Waals surface area (Å²) in [7, 11) is 1.81. The van der Waals surface area contributed by atoms with Gasteiger partial charge in [-0.2, -0.15) is 5.10 Å². The summed E-state index contributed by atoms with van der Waals surface area (Å²) in [5.74, 6) is -0.516. The summed E-state index contributed by atoms with van der Waals surface area (Å²) in [6, 6.07) is 7.59. The molecule has 0 unspecified atom stereocenters. The number of nitrogens with zero attached hydrogens (tertiary/aromatic N) is 3. The molecule has 0 aliphatic carbocycles. The van der Waals surface area contributed by atoms with Crippen molar-refractivity contribution in [1.29, 1.82) is 0 Å². The molecule has 7 heteroatoms. The zero-order chi connectivity index (χ0) is 17.1. The number of aliphatic hydroxyl groups is 1. The number of halogens is 1. The normalized spacial score (nSPS) is 20.5. The summed E-state index contributed by atoms with van der Waals surface area (Å²) in [5.41, 5.74) is 1.69. The molecule has 1 aliphatic rings. The third-order valence-corrected chi connectivity index (χ3v) is 4.25. The number of benzene rings is 1. The van der Waals surface area contributed by atoms with Gasteiger partial charge >= 0.3 is 0 Å². The summed E-state index contributed by atoms with van der Waals surface area (Å²) in [5, 5.41) is 14.0. The lowest BCUT2D eigenvalue weighted by atomic mass is 10.0. The number of carbonyl (C=O) groups excluding carboxylic acids is 1. The van der Waals surface area contributed by atoms with Gasteiger partial charge in [-0.05, 0) is 30.2 Å². The molecule has 6 nitrogen and oxygen atoms in total. The van der Waals surface area contributed by atoms with Gasteiger partial charge in [0.05, 0.1) is 24.4 Å². The van der Waals surface area contributed by atoms with Crippen molar-refractivity contribution < 1.29 is 19.0 Å². The number of aliphatic hydroxyl groups excluding tert-OH is 1. The van der Waals surface area contributed by atoms with Crippen molar-refractivity contribution in [1.82, 2.24) is 14.7 Å². The number of aromatic nitrogens is 2. The van der Waals surface area contributed by atoms with E-state index in [9.17, 15) is 14.3 Å². The monoisotopic (exact) mass is 333 g/mol. The fourth-order valence-corrected chi connectivity index (χ4v) is 2.96. The average Bonchev–Trinajstić information content (AvgIpc) is 3.14. The number of hydrogen-bond acceptors (Lipinski definition) is 4. The fraction of sp³-hybridized carbons (Fsp3) is 0.412. The van der Waals surface area contributed by atoms with Crippen molar-refractivity contribution in [2.75, 3.05) is 13.2 Å². The number of carbonyl (C=O) groups is 1. The molecule has 1 saturated heterocycles. The molecule has 3 rings (SSSR count). The first-order valence-corrected chi connectivity index (χ1v) is 7.82. The number of β-amino-alcohol motifs (C(OH)–C–C–N with tert-alkyl or cyclic N) is 1. The van der Waals surface area contributed by atoms with E-state index in [4.69, 9.17) is 4.74 Å². The number of rotatable bonds is 5. The molecule has 1 aromatic carbocycles. The maximum atomic E-state index is 13.1. The quantitative estimate of drug-likeness (QED) is 0.898. The van der Waals surface area contributed by atoms with Crippen LogP contribution in [0.25, 0.3) is 0 Å². The van der Waals surface area contributed by atoms with Crippen molar-refractivity contribution in [3.05, 3.63) is 53.6 Å². The van der Waals surface area contributed by atoms with Crippen LogP contribution in [-0.4, -0.2) is 44.9 Å². The molecule has 24 heavy (non-hydrogen) atoms. The first kappa shape index (κ1) is 16.6. The van der Waals surface area contributed by atoms with Crippen molar-refractivity contribution in [3.63, 3.8) is 0 Å². The highest BCUT2D eigenvalue weighted by atomic mass is 19.1. The SMILES string of the molecule is Cn1nccc1COCC(=O)N1C[C@H](O)C[C@H]1c1ccc(F)cc1. The van der Waals surface area contributed by atoms with Crippen LogP contribution < -0.4 is 0 Å². The molecule has 0 saturated carbocycles. The fourth-order valence-electron chi connectivity index (χ4n) is 2.96. The van der Waals surface area contributed by atoms with Gasteiger partial charge in [0.2, 0.25) is 5.91 Å². The highest BCUT2D eigenvalue weighted by molar-refractivity contribution is 5.78. The molecule has 1 N–H and O–H groups in total. The lowest BCUT2D eigenvalue weighted by Gasteiger charge is -2.24. The molecule has 0 radical (unpaired) electrons. The molecule has 128 valence electrons. The number of aryl methyl sites for hydroxylation is 1. The van der Waals surface area contributed by atoms with Crippen LogP contribution in [0.3, 0.4) is 0 Å². The van der Waals surface area contributed by atoms with E-state index in [0.717, 1.165) is 11.3 Å². The van der Waals surface area contributed by atoms with Gasteiger partial charge in [-0.15, -0.1) is 0 Å². The summed E-state index contributed by atoms with van der Waals surface area (Å²) in [6.07, 6.45) is 1.53. The maximum absolute atomic E-state index is 13.1. The Kier molecular flexibility index (Phi) is 4.92. The Labute approximate surface area is 139 Å². The molecule has 0 bridgehead atoms. The zero-order valence-corrected chi connectivity index (χ0v) is 13.4. The minimum atomic E-state index is -0.582. The first-order chi connectivity index (χ1) is 11.5. The molecule has 1 aliphatic heterocycles. The predicted molar refractivity (Wildman–Crippen MR) is 84.3 cm³/mol. The third kappa shape index (κ3) is 3.63. The minimum Gasteiger partial charge on any atom is -0.391 e. The van der Waals surface area contributed by atoms with Crippen molar-refractivity contribution in [2.24, 2.45) is 7.05 Å². The second-order valence-electron chi connectivity index (χ2n) is 5.94. The molecule has 2 atom stereocenters. The highest BCUT2D eigenvalue weighted by Gasteiger charge is 2.35. The van der Waals surface area contributed by atoms with E-state index in [1.165, 1.54) is 12.1 Å². The van der Waals surface area contributed by atoms with Gasteiger partial charge < -0.3 is 14.7 Å². The molecule has 1 aromatic heterocycles. The Balaban J connectivity index is 1.61. The topological polar surface area (TPSA) is 67.6 Å². The Morgan fingerprint density at radius 2 is 2.12 bits per heavy atom. The summed E-state index contributed by atoms with van der Waals surface area (Å²) < 4.78 is 20.2. The van der Waals surface area contributed by atoms with Crippen LogP contribution in [0.1, 0.15) is 23.7 Å². The maximum Gasteiger partial charge on any atom is 0.249 e. The summed E-state index contributed by atoms with van der Waals surface area (Å²) >= 11 is 0. The first-order valence-electron chi connectivity index (χ1n) is 7.82. The Morgan fingerprint density at radius 3 is 2.79 bits per heavy atom. The van der Waals surface area contributed by atoms with Gasteiger partial charge in [0.25, 0.3) is 0 Å². The highest BCUT2D eigenvalue weighted by Crippen LogP contribution is 2.32. The van der Waals surface area contributed by atoms with E-state index in [1.807, 2.05) is 13.1 Å². The van der Waals surface area contributed by atoms with E-state index in [-0.39, 0.29) is 30.9 Å². The van der Waals surface area contributed by atoms with Crippen LogP contribution in [0.2, 0.25) is 0 Å². The van der Waals surface area contributed by atoms with E-state index in [2.05, 4.69) is 5.10 Å². The van der Waals surface area contributed by atoms with E-state index in [0.29, 0.717) is 13.0 Å². The summed E-state index contributed by atoms with van der Waals surface area (Å²) in [4.78, 5) is 14.0. The number of ether oxygens (including phenoxy) is 1. The van der Waals surface area contributed by atoms with Gasteiger partial charge in [-0.1, -0.05) is 12.1 Å². The molecule has 2 heterocycles. The molecule has 1 fully saturated rings. The van der Waals surface area contributed by atoms with Crippen LogP contribution in [0.15, 0.2) is 36.5 Å². The Bertz CT molecular complexity index is 701. The molecule has 2 aromatic rings. The summed E-state index contributed by atoms with van der Waals surface area (Å²) in [6.45, 7) is 0.478. The van der Waals surface area contributed by atoms with Crippen LogP contribution >= 0.6 is 0 Å². The third-order valence-electron chi connectivity index (χ3n) is 4.25. The van der Waals surface area contributed by atoms with Gasteiger partial charge in [0.1, 0.15) is 12.4 Å². The lowest BCUT2D eigenvalue weighted by molar-refractivity contribution is -0.137. The lowest BCUT2D eigenvalue weighted by Crippen LogP contribution is -2.34. The van der Waals surface area contributed by atoms with Crippen molar-refractivity contribution in [2.45, 2.75) is 25.2 Å². The molecule has 1 amide bonds. The smallest absolute Gasteiger partial charge is 0.249 e.